The summed E-state index contributed by atoms with van der Waals surface area (Å²) in [4.78, 5) is 11.4. The maximum Gasteiger partial charge on any atom is 0.407 e. The highest BCUT2D eigenvalue weighted by Gasteiger charge is 2.41. The normalized spacial score (nSPS) is 19.2. The van der Waals surface area contributed by atoms with E-state index in [2.05, 4.69) is 10.6 Å². The molecule has 1 amide bonds. The zero-order chi connectivity index (χ0) is 13.8. The molecule has 0 aromatic heterocycles. The van der Waals surface area contributed by atoms with E-state index in [0.29, 0.717) is 6.54 Å². The topological polar surface area (TPSA) is 70.6 Å². The monoisotopic (exact) mass is 258 g/mol. The predicted octanol–water partition coefficient (Wildman–Crippen LogP) is 1.26. The summed E-state index contributed by atoms with van der Waals surface area (Å²) in [5, 5.41) is 15.2. The van der Waals surface area contributed by atoms with Gasteiger partial charge in [0.2, 0.25) is 0 Å². The average molecular weight is 258 g/mol. The number of carbonyl (C=O) groups excluding carboxylic acids is 1. The summed E-state index contributed by atoms with van der Waals surface area (Å²) < 4.78 is 5.15. The number of amides is 1. The molecule has 0 aromatic carbocycles. The number of alkyl carbamates (subject to hydrolysis) is 1. The van der Waals surface area contributed by atoms with Crippen molar-refractivity contribution in [1.82, 2.24) is 10.6 Å². The molecule has 5 heteroatoms. The maximum atomic E-state index is 11.4. The molecule has 1 atom stereocenters. The van der Waals surface area contributed by atoms with Crippen molar-refractivity contribution in [3.63, 3.8) is 0 Å². The lowest BCUT2D eigenvalue weighted by Gasteiger charge is -2.22. The van der Waals surface area contributed by atoms with Crippen molar-refractivity contribution in [3.05, 3.63) is 0 Å². The van der Waals surface area contributed by atoms with Crippen LogP contribution in [-0.2, 0) is 4.74 Å². The van der Waals surface area contributed by atoms with E-state index in [1.165, 1.54) is 0 Å². The van der Waals surface area contributed by atoms with Crippen LogP contribution >= 0.6 is 0 Å². The van der Waals surface area contributed by atoms with Crippen molar-refractivity contribution < 1.29 is 14.6 Å². The molecule has 0 spiro atoms. The van der Waals surface area contributed by atoms with Crippen LogP contribution in [0.4, 0.5) is 4.79 Å². The summed E-state index contributed by atoms with van der Waals surface area (Å²) in [6, 6.07) is 0.168. The SMILES string of the molecule is CC(CNC(=O)OC(C)(C)C)NCC1(CO)CC1. The zero-order valence-electron chi connectivity index (χ0n) is 11.9. The first-order chi connectivity index (χ1) is 8.26. The molecule has 3 N–H and O–H groups in total. The number of rotatable bonds is 6. The van der Waals surface area contributed by atoms with E-state index in [-0.39, 0.29) is 24.2 Å². The Labute approximate surface area is 109 Å². The Kier molecular flexibility index (Phi) is 4.99. The minimum Gasteiger partial charge on any atom is -0.444 e. The summed E-state index contributed by atoms with van der Waals surface area (Å²) in [7, 11) is 0. The van der Waals surface area contributed by atoms with E-state index in [0.717, 1.165) is 19.4 Å². The Balaban J connectivity index is 2.13. The second-order valence-electron chi connectivity index (χ2n) is 6.32. The molecule has 1 rings (SSSR count). The molecule has 1 saturated carbocycles. The smallest absolute Gasteiger partial charge is 0.407 e. The first-order valence-corrected chi connectivity index (χ1v) is 6.57. The van der Waals surface area contributed by atoms with Crippen LogP contribution in [-0.4, -0.2) is 42.5 Å². The lowest BCUT2D eigenvalue weighted by Crippen LogP contribution is -2.43. The lowest BCUT2D eigenvalue weighted by molar-refractivity contribution is 0.0522. The van der Waals surface area contributed by atoms with Gasteiger partial charge in [-0.05, 0) is 40.5 Å². The highest BCUT2D eigenvalue weighted by Crippen LogP contribution is 2.44. The van der Waals surface area contributed by atoms with E-state index in [1.54, 1.807) is 0 Å². The van der Waals surface area contributed by atoms with Gasteiger partial charge in [0.25, 0.3) is 0 Å². The summed E-state index contributed by atoms with van der Waals surface area (Å²) >= 11 is 0. The molecule has 0 saturated heterocycles. The van der Waals surface area contributed by atoms with Crippen molar-refractivity contribution in [1.29, 1.82) is 0 Å². The number of nitrogens with one attached hydrogen (secondary N) is 2. The van der Waals surface area contributed by atoms with Gasteiger partial charge in [-0.2, -0.15) is 0 Å². The number of hydrogen-bond donors (Lipinski definition) is 3. The first-order valence-electron chi connectivity index (χ1n) is 6.57. The minimum absolute atomic E-state index is 0.0974. The highest BCUT2D eigenvalue weighted by atomic mass is 16.6. The largest absolute Gasteiger partial charge is 0.444 e. The third-order valence-electron chi connectivity index (χ3n) is 3.07. The molecule has 5 nitrogen and oxygen atoms in total. The minimum atomic E-state index is -0.463. The molecule has 0 radical (unpaired) electrons. The molecule has 0 aliphatic heterocycles. The summed E-state index contributed by atoms with van der Waals surface area (Å²) in [6.07, 6.45) is 1.78. The maximum absolute atomic E-state index is 11.4. The van der Waals surface area contributed by atoms with Crippen molar-refractivity contribution in [2.75, 3.05) is 19.7 Å². The number of ether oxygens (including phenoxy) is 1. The Morgan fingerprint density at radius 3 is 2.50 bits per heavy atom. The molecule has 106 valence electrons. The molecule has 18 heavy (non-hydrogen) atoms. The average Bonchev–Trinajstić information content (AvgIpc) is 3.02. The second-order valence-corrected chi connectivity index (χ2v) is 6.32. The van der Waals surface area contributed by atoms with E-state index in [9.17, 15) is 9.90 Å². The van der Waals surface area contributed by atoms with Crippen LogP contribution in [0.5, 0.6) is 0 Å². The van der Waals surface area contributed by atoms with Gasteiger partial charge >= 0.3 is 6.09 Å². The summed E-state index contributed by atoms with van der Waals surface area (Å²) in [5.41, 5.74) is -0.365. The standard InChI is InChI=1S/C13H26N2O3/c1-10(15-8-13(9-16)5-6-13)7-14-11(17)18-12(2,3)4/h10,15-16H,5-9H2,1-4H3,(H,14,17). The molecule has 0 aromatic rings. The predicted molar refractivity (Wildman–Crippen MR) is 70.5 cm³/mol. The van der Waals surface area contributed by atoms with Crippen molar-refractivity contribution in [2.45, 2.75) is 52.2 Å². The van der Waals surface area contributed by atoms with Gasteiger partial charge in [-0.25, -0.2) is 4.79 Å². The van der Waals surface area contributed by atoms with Crippen LogP contribution in [0, 0.1) is 5.41 Å². The third-order valence-corrected chi connectivity index (χ3v) is 3.07. The van der Waals surface area contributed by atoms with Crippen LogP contribution in [0.1, 0.15) is 40.5 Å². The van der Waals surface area contributed by atoms with Crippen molar-refractivity contribution >= 4 is 6.09 Å². The number of aliphatic hydroxyl groups is 1. The van der Waals surface area contributed by atoms with Crippen LogP contribution < -0.4 is 10.6 Å². The van der Waals surface area contributed by atoms with Gasteiger partial charge in [0, 0.05) is 31.2 Å². The van der Waals surface area contributed by atoms with Crippen LogP contribution in [0.25, 0.3) is 0 Å². The lowest BCUT2D eigenvalue weighted by atomic mass is 10.1. The fraction of sp³-hybridized carbons (Fsp3) is 0.923. The van der Waals surface area contributed by atoms with E-state index in [4.69, 9.17) is 4.74 Å². The van der Waals surface area contributed by atoms with Gasteiger partial charge in [-0.15, -0.1) is 0 Å². The third kappa shape index (κ3) is 5.69. The zero-order valence-corrected chi connectivity index (χ0v) is 11.9. The fourth-order valence-corrected chi connectivity index (χ4v) is 1.58. The van der Waals surface area contributed by atoms with E-state index >= 15 is 0 Å². The Morgan fingerprint density at radius 2 is 2.06 bits per heavy atom. The Morgan fingerprint density at radius 1 is 1.44 bits per heavy atom. The number of carbonyl (C=O) groups is 1. The molecular weight excluding hydrogens is 232 g/mol. The molecule has 0 heterocycles. The van der Waals surface area contributed by atoms with Crippen molar-refractivity contribution in [2.24, 2.45) is 5.41 Å². The molecule has 0 bridgehead atoms. The van der Waals surface area contributed by atoms with Gasteiger partial charge < -0.3 is 20.5 Å². The van der Waals surface area contributed by atoms with Crippen molar-refractivity contribution in [3.8, 4) is 0 Å². The van der Waals surface area contributed by atoms with Crippen LogP contribution in [0.15, 0.2) is 0 Å². The quantitative estimate of drug-likeness (QED) is 0.671. The molecule has 1 aliphatic carbocycles. The van der Waals surface area contributed by atoms with Gasteiger partial charge in [-0.3, -0.25) is 0 Å². The molecule has 1 fully saturated rings. The Hall–Kier alpha value is -0.810. The van der Waals surface area contributed by atoms with Crippen LogP contribution in [0.2, 0.25) is 0 Å². The molecule has 1 aliphatic rings. The number of hydrogen-bond acceptors (Lipinski definition) is 4. The van der Waals surface area contributed by atoms with Crippen LogP contribution in [0.3, 0.4) is 0 Å². The first kappa shape index (κ1) is 15.2. The fourth-order valence-electron chi connectivity index (χ4n) is 1.58. The molecular formula is C13H26N2O3. The molecule has 1 unspecified atom stereocenters. The van der Waals surface area contributed by atoms with E-state index in [1.807, 2.05) is 27.7 Å². The summed E-state index contributed by atoms with van der Waals surface area (Å²) in [5.74, 6) is 0. The van der Waals surface area contributed by atoms with Gasteiger partial charge in [0.1, 0.15) is 5.60 Å². The van der Waals surface area contributed by atoms with Gasteiger partial charge in [0.15, 0.2) is 0 Å². The van der Waals surface area contributed by atoms with Gasteiger partial charge in [-0.1, -0.05) is 0 Å². The Bertz CT molecular complexity index is 282. The number of aliphatic hydroxyl groups excluding tert-OH is 1. The van der Waals surface area contributed by atoms with Gasteiger partial charge in [0.05, 0.1) is 0 Å². The summed E-state index contributed by atoms with van der Waals surface area (Å²) in [6.45, 7) is 9.10. The second kappa shape index (κ2) is 5.89. The highest BCUT2D eigenvalue weighted by molar-refractivity contribution is 5.67. The van der Waals surface area contributed by atoms with E-state index < -0.39 is 5.60 Å².